The molecule has 0 spiro atoms. The molecule has 1 fully saturated rings. The summed E-state index contributed by atoms with van der Waals surface area (Å²) in [6.07, 6.45) is 7.02. The number of hydrogen-bond acceptors (Lipinski definition) is 4. The summed E-state index contributed by atoms with van der Waals surface area (Å²) in [4.78, 5) is 26.2. The van der Waals surface area contributed by atoms with E-state index >= 15 is 0 Å². The maximum absolute atomic E-state index is 12.4. The average Bonchev–Trinajstić information content (AvgIpc) is 2.79. The minimum atomic E-state index is -1.04. The molecule has 1 amide bonds. The smallest absolute Gasteiger partial charge is 0.339 e. The number of nitrogens with zero attached hydrogens (tertiary/aromatic N) is 1. The van der Waals surface area contributed by atoms with Crippen molar-refractivity contribution in [2.45, 2.75) is 58.8 Å². The standard InChI is InChI=1S/C27H36N2O4/c1-3-33-24-18-21(13-14-23(24)27(31)32)19-25(30)28-15-6-5-11-22-12-9-10-20(2)26(22)29-16-7-4-8-17-29/h9-10,12-14,18H,3-8,11,15-17,19H2,1-2H3,(H,28,30)(H,31,32). The predicted octanol–water partition coefficient (Wildman–Crippen LogP) is 4.76. The molecule has 0 bridgehead atoms. The number of anilines is 1. The molecular formula is C27H36N2O4. The number of piperidine rings is 1. The highest BCUT2D eigenvalue weighted by molar-refractivity contribution is 5.91. The van der Waals surface area contributed by atoms with E-state index < -0.39 is 5.97 Å². The number of carbonyl (C=O) groups excluding carboxylic acids is 1. The molecule has 1 aliphatic heterocycles. The van der Waals surface area contributed by atoms with E-state index in [2.05, 4.69) is 35.3 Å². The van der Waals surface area contributed by atoms with Crippen molar-refractivity contribution in [3.63, 3.8) is 0 Å². The second kappa shape index (κ2) is 12.3. The largest absolute Gasteiger partial charge is 0.493 e. The molecular weight excluding hydrogens is 416 g/mol. The molecule has 2 aromatic carbocycles. The van der Waals surface area contributed by atoms with Crippen molar-refractivity contribution in [3.8, 4) is 5.75 Å². The summed E-state index contributed by atoms with van der Waals surface area (Å²) in [7, 11) is 0. The number of aromatic carboxylic acids is 1. The molecule has 2 N–H and O–H groups in total. The number of benzene rings is 2. The Morgan fingerprint density at radius 1 is 1.09 bits per heavy atom. The van der Waals surface area contributed by atoms with Crippen LogP contribution in [0.1, 0.15) is 66.1 Å². The number of aryl methyl sites for hydroxylation is 2. The van der Waals surface area contributed by atoms with Crippen LogP contribution in [0.4, 0.5) is 5.69 Å². The van der Waals surface area contributed by atoms with E-state index in [1.807, 2.05) is 0 Å². The van der Waals surface area contributed by atoms with Gasteiger partial charge < -0.3 is 20.1 Å². The summed E-state index contributed by atoms with van der Waals surface area (Å²) < 4.78 is 5.42. The van der Waals surface area contributed by atoms with Gasteiger partial charge in [-0.2, -0.15) is 0 Å². The normalized spacial score (nSPS) is 13.6. The van der Waals surface area contributed by atoms with Crippen LogP contribution in [-0.2, 0) is 17.6 Å². The summed E-state index contributed by atoms with van der Waals surface area (Å²) >= 11 is 0. The molecule has 2 aromatic rings. The van der Waals surface area contributed by atoms with Gasteiger partial charge in [0.05, 0.1) is 13.0 Å². The number of para-hydroxylation sites is 1. The first kappa shape index (κ1) is 24.6. The van der Waals surface area contributed by atoms with E-state index in [9.17, 15) is 14.7 Å². The van der Waals surface area contributed by atoms with Gasteiger partial charge in [-0.25, -0.2) is 4.79 Å². The van der Waals surface area contributed by atoms with Gasteiger partial charge in [0.2, 0.25) is 5.91 Å². The van der Waals surface area contributed by atoms with Gasteiger partial charge >= 0.3 is 5.97 Å². The van der Waals surface area contributed by atoms with Crippen molar-refractivity contribution in [2.75, 3.05) is 31.1 Å². The second-order valence-electron chi connectivity index (χ2n) is 8.68. The van der Waals surface area contributed by atoms with Crippen molar-refractivity contribution in [3.05, 3.63) is 58.7 Å². The quantitative estimate of drug-likeness (QED) is 0.481. The Hall–Kier alpha value is -3.02. The Bertz CT molecular complexity index is 951. The number of hydrogen-bond donors (Lipinski definition) is 2. The van der Waals surface area contributed by atoms with Crippen LogP contribution in [0.3, 0.4) is 0 Å². The average molecular weight is 453 g/mol. The number of carbonyl (C=O) groups is 2. The molecule has 0 radical (unpaired) electrons. The van der Waals surface area contributed by atoms with Gasteiger partial charge in [0, 0.05) is 25.3 Å². The number of amides is 1. The summed E-state index contributed by atoms with van der Waals surface area (Å²) in [6, 6.07) is 11.4. The van der Waals surface area contributed by atoms with Crippen LogP contribution in [0.25, 0.3) is 0 Å². The van der Waals surface area contributed by atoms with Crippen molar-refractivity contribution in [1.82, 2.24) is 5.32 Å². The van der Waals surface area contributed by atoms with E-state index in [1.54, 1.807) is 19.1 Å². The molecule has 0 aliphatic carbocycles. The van der Waals surface area contributed by atoms with Gasteiger partial charge in [-0.15, -0.1) is 0 Å². The van der Waals surface area contributed by atoms with Gasteiger partial charge in [0.1, 0.15) is 11.3 Å². The third-order valence-electron chi connectivity index (χ3n) is 6.13. The van der Waals surface area contributed by atoms with E-state index in [0.29, 0.717) is 18.9 Å². The summed E-state index contributed by atoms with van der Waals surface area (Å²) in [6.45, 7) is 7.30. The van der Waals surface area contributed by atoms with Gasteiger partial charge in [0.25, 0.3) is 0 Å². The first-order valence-electron chi connectivity index (χ1n) is 12.1. The molecule has 1 saturated heterocycles. The van der Waals surface area contributed by atoms with Crippen LogP contribution < -0.4 is 15.0 Å². The highest BCUT2D eigenvalue weighted by Crippen LogP contribution is 2.29. The number of carboxylic acid groups (broad SMARTS) is 1. The molecule has 6 nitrogen and oxygen atoms in total. The zero-order chi connectivity index (χ0) is 23.6. The molecule has 33 heavy (non-hydrogen) atoms. The molecule has 0 atom stereocenters. The fraction of sp³-hybridized carbons (Fsp3) is 0.481. The fourth-order valence-electron chi connectivity index (χ4n) is 4.54. The molecule has 0 aromatic heterocycles. The van der Waals surface area contributed by atoms with Crippen molar-refractivity contribution in [2.24, 2.45) is 0 Å². The monoisotopic (exact) mass is 452 g/mol. The zero-order valence-electron chi connectivity index (χ0n) is 19.9. The SMILES string of the molecule is CCOc1cc(CC(=O)NCCCCc2cccc(C)c2N2CCCCC2)ccc1C(=O)O. The number of unbranched alkanes of at least 4 members (excludes halogenated alkanes) is 1. The Kier molecular flexibility index (Phi) is 9.16. The van der Waals surface area contributed by atoms with Crippen LogP contribution in [0.5, 0.6) is 5.75 Å². The van der Waals surface area contributed by atoms with Gasteiger partial charge in [-0.05, 0) is 81.2 Å². The lowest BCUT2D eigenvalue weighted by atomic mass is 9.99. The highest BCUT2D eigenvalue weighted by Gasteiger charge is 2.16. The van der Waals surface area contributed by atoms with E-state index in [1.165, 1.54) is 42.1 Å². The minimum Gasteiger partial charge on any atom is -0.493 e. The fourth-order valence-corrected chi connectivity index (χ4v) is 4.54. The molecule has 0 saturated carbocycles. The van der Waals surface area contributed by atoms with Crippen molar-refractivity contribution in [1.29, 1.82) is 0 Å². The maximum atomic E-state index is 12.4. The third kappa shape index (κ3) is 6.98. The topological polar surface area (TPSA) is 78.9 Å². The van der Waals surface area contributed by atoms with E-state index in [4.69, 9.17) is 4.74 Å². The number of rotatable bonds is 11. The molecule has 1 aliphatic rings. The lowest BCUT2D eigenvalue weighted by Gasteiger charge is -2.32. The van der Waals surface area contributed by atoms with Crippen LogP contribution >= 0.6 is 0 Å². The zero-order valence-corrected chi connectivity index (χ0v) is 19.9. The minimum absolute atomic E-state index is 0.0647. The van der Waals surface area contributed by atoms with Crippen LogP contribution in [0.15, 0.2) is 36.4 Å². The van der Waals surface area contributed by atoms with E-state index in [-0.39, 0.29) is 17.9 Å². The number of nitrogens with one attached hydrogen (secondary N) is 1. The Morgan fingerprint density at radius 2 is 1.88 bits per heavy atom. The maximum Gasteiger partial charge on any atom is 0.339 e. The Morgan fingerprint density at radius 3 is 2.61 bits per heavy atom. The first-order valence-corrected chi connectivity index (χ1v) is 12.1. The number of ether oxygens (including phenoxy) is 1. The molecule has 1 heterocycles. The van der Waals surface area contributed by atoms with Crippen LogP contribution in [-0.4, -0.2) is 43.2 Å². The van der Waals surface area contributed by atoms with Crippen LogP contribution in [0.2, 0.25) is 0 Å². The van der Waals surface area contributed by atoms with E-state index in [0.717, 1.165) is 37.9 Å². The van der Waals surface area contributed by atoms with Gasteiger partial charge in [-0.1, -0.05) is 24.3 Å². The number of carboxylic acids is 1. The lowest BCUT2D eigenvalue weighted by molar-refractivity contribution is -0.120. The summed E-state index contributed by atoms with van der Waals surface area (Å²) in [5.74, 6) is -0.797. The third-order valence-corrected chi connectivity index (χ3v) is 6.13. The van der Waals surface area contributed by atoms with Gasteiger partial charge in [-0.3, -0.25) is 4.79 Å². The Labute approximate surface area is 196 Å². The van der Waals surface area contributed by atoms with Crippen molar-refractivity contribution >= 4 is 17.6 Å². The molecule has 6 heteroatoms. The first-order chi connectivity index (χ1) is 16.0. The van der Waals surface area contributed by atoms with Gasteiger partial charge in [0.15, 0.2) is 0 Å². The predicted molar refractivity (Wildman–Crippen MR) is 131 cm³/mol. The Balaban J connectivity index is 1.46. The highest BCUT2D eigenvalue weighted by atomic mass is 16.5. The summed E-state index contributed by atoms with van der Waals surface area (Å²) in [5, 5.41) is 12.2. The second-order valence-corrected chi connectivity index (χ2v) is 8.68. The molecule has 0 unspecified atom stereocenters. The van der Waals surface area contributed by atoms with Crippen molar-refractivity contribution < 1.29 is 19.4 Å². The lowest BCUT2D eigenvalue weighted by Crippen LogP contribution is -2.31. The van der Waals surface area contributed by atoms with Crippen LogP contribution in [0, 0.1) is 6.92 Å². The molecule has 3 rings (SSSR count). The molecule has 178 valence electrons. The summed E-state index contributed by atoms with van der Waals surface area (Å²) in [5.41, 5.74) is 5.03.